The number of nitrogens with one attached hydrogen (secondary N) is 1. The molecule has 3 aromatic rings. The summed E-state index contributed by atoms with van der Waals surface area (Å²) in [7, 11) is 0. The van der Waals surface area contributed by atoms with Gasteiger partial charge in [-0.3, -0.25) is 4.79 Å². The van der Waals surface area contributed by atoms with Crippen molar-refractivity contribution in [3.8, 4) is 11.4 Å². The standard InChI is InChI=1S/C14H12FN5O3/c1-8-17-11(19-22-8)6-12(21)16-7-13-18-14(20-23-13)9-2-4-10(15)5-3-9/h2-5H,6-7H2,1H3,(H,16,21). The molecular weight excluding hydrogens is 305 g/mol. The smallest absolute Gasteiger partial charge is 0.246 e. The SMILES string of the molecule is Cc1nc(CC(=O)NCc2nc(-c3ccc(F)cc3)no2)no1. The average molecular weight is 317 g/mol. The normalized spacial score (nSPS) is 10.7. The van der Waals surface area contributed by atoms with E-state index < -0.39 is 0 Å². The van der Waals surface area contributed by atoms with E-state index in [4.69, 9.17) is 9.05 Å². The molecule has 0 radical (unpaired) electrons. The van der Waals surface area contributed by atoms with E-state index >= 15 is 0 Å². The molecule has 0 aliphatic heterocycles. The van der Waals surface area contributed by atoms with Crippen molar-refractivity contribution in [2.75, 3.05) is 0 Å². The van der Waals surface area contributed by atoms with Gasteiger partial charge in [-0.25, -0.2) is 4.39 Å². The molecule has 2 heterocycles. The number of aryl methyl sites for hydroxylation is 1. The van der Waals surface area contributed by atoms with Crippen molar-refractivity contribution in [1.82, 2.24) is 25.6 Å². The van der Waals surface area contributed by atoms with Crippen molar-refractivity contribution < 1.29 is 18.2 Å². The van der Waals surface area contributed by atoms with Crippen LogP contribution in [0.3, 0.4) is 0 Å². The van der Waals surface area contributed by atoms with E-state index in [1.54, 1.807) is 19.1 Å². The molecule has 1 aromatic carbocycles. The summed E-state index contributed by atoms with van der Waals surface area (Å²) in [6.45, 7) is 1.72. The molecule has 0 unspecified atom stereocenters. The van der Waals surface area contributed by atoms with Gasteiger partial charge in [0.1, 0.15) is 5.82 Å². The van der Waals surface area contributed by atoms with Crippen LogP contribution in [0, 0.1) is 12.7 Å². The van der Waals surface area contributed by atoms with Gasteiger partial charge in [-0.1, -0.05) is 10.3 Å². The van der Waals surface area contributed by atoms with Gasteiger partial charge in [0.2, 0.25) is 23.5 Å². The summed E-state index contributed by atoms with van der Waals surface area (Å²) in [5.41, 5.74) is 0.620. The highest BCUT2D eigenvalue weighted by Gasteiger charge is 2.12. The molecule has 1 N–H and O–H groups in total. The van der Waals surface area contributed by atoms with E-state index in [0.717, 1.165) is 0 Å². The lowest BCUT2D eigenvalue weighted by molar-refractivity contribution is -0.120. The molecule has 118 valence electrons. The quantitative estimate of drug-likeness (QED) is 0.758. The first-order valence-electron chi connectivity index (χ1n) is 6.74. The Bertz CT molecular complexity index is 812. The number of aromatic nitrogens is 4. The van der Waals surface area contributed by atoms with Gasteiger partial charge in [-0.05, 0) is 24.3 Å². The second kappa shape index (κ2) is 6.34. The van der Waals surface area contributed by atoms with Crippen molar-refractivity contribution in [3.05, 3.63) is 47.7 Å². The van der Waals surface area contributed by atoms with Gasteiger partial charge in [0.25, 0.3) is 0 Å². The Kier molecular flexibility index (Phi) is 4.09. The molecule has 0 spiro atoms. The summed E-state index contributed by atoms with van der Waals surface area (Å²) in [6.07, 6.45) is -0.00367. The number of carbonyl (C=O) groups is 1. The zero-order valence-corrected chi connectivity index (χ0v) is 12.1. The van der Waals surface area contributed by atoms with Gasteiger partial charge >= 0.3 is 0 Å². The highest BCUT2D eigenvalue weighted by molar-refractivity contribution is 5.77. The van der Waals surface area contributed by atoms with Crippen molar-refractivity contribution in [3.63, 3.8) is 0 Å². The van der Waals surface area contributed by atoms with Crippen molar-refractivity contribution in [1.29, 1.82) is 0 Å². The maximum Gasteiger partial charge on any atom is 0.246 e. The van der Waals surface area contributed by atoms with Gasteiger partial charge in [0.05, 0.1) is 13.0 Å². The number of hydrogen-bond acceptors (Lipinski definition) is 7. The van der Waals surface area contributed by atoms with Crippen LogP contribution in [0.4, 0.5) is 4.39 Å². The summed E-state index contributed by atoms with van der Waals surface area (Å²) in [6, 6.07) is 5.70. The lowest BCUT2D eigenvalue weighted by Crippen LogP contribution is -2.25. The molecule has 0 saturated heterocycles. The Morgan fingerprint density at radius 3 is 2.65 bits per heavy atom. The van der Waals surface area contributed by atoms with Crippen LogP contribution in [0.15, 0.2) is 33.3 Å². The van der Waals surface area contributed by atoms with E-state index in [9.17, 15) is 9.18 Å². The largest absolute Gasteiger partial charge is 0.347 e. The Hall–Kier alpha value is -3.10. The van der Waals surface area contributed by atoms with Crippen LogP contribution in [-0.2, 0) is 17.8 Å². The molecular formula is C14H12FN5O3. The third kappa shape index (κ3) is 3.76. The molecule has 9 heteroatoms. The molecule has 3 rings (SSSR count). The van der Waals surface area contributed by atoms with Crippen LogP contribution in [0.5, 0.6) is 0 Å². The predicted molar refractivity (Wildman–Crippen MR) is 74.3 cm³/mol. The molecule has 1 amide bonds. The highest BCUT2D eigenvalue weighted by atomic mass is 19.1. The lowest BCUT2D eigenvalue weighted by atomic mass is 10.2. The number of benzene rings is 1. The molecule has 0 saturated carbocycles. The number of halogens is 1. The minimum absolute atomic E-state index is 0.00367. The first-order valence-corrected chi connectivity index (χ1v) is 6.74. The van der Waals surface area contributed by atoms with Crippen LogP contribution in [-0.4, -0.2) is 26.2 Å². The van der Waals surface area contributed by atoms with E-state index in [2.05, 4.69) is 25.6 Å². The Morgan fingerprint density at radius 2 is 1.96 bits per heavy atom. The summed E-state index contributed by atoms with van der Waals surface area (Å²) in [5.74, 6) is 0.616. The highest BCUT2D eigenvalue weighted by Crippen LogP contribution is 2.15. The summed E-state index contributed by atoms with van der Waals surface area (Å²) in [5, 5.41) is 10.0. The zero-order chi connectivity index (χ0) is 16.2. The molecule has 0 atom stereocenters. The monoisotopic (exact) mass is 317 g/mol. The number of hydrogen-bond donors (Lipinski definition) is 1. The third-order valence-corrected chi connectivity index (χ3v) is 2.90. The van der Waals surface area contributed by atoms with E-state index in [0.29, 0.717) is 23.1 Å². The van der Waals surface area contributed by atoms with Crippen molar-refractivity contribution >= 4 is 5.91 Å². The van der Waals surface area contributed by atoms with Crippen LogP contribution in [0.25, 0.3) is 11.4 Å². The van der Waals surface area contributed by atoms with Crippen LogP contribution < -0.4 is 5.32 Å². The predicted octanol–water partition coefficient (Wildman–Crippen LogP) is 1.43. The zero-order valence-electron chi connectivity index (χ0n) is 12.1. The fourth-order valence-electron chi connectivity index (χ4n) is 1.84. The van der Waals surface area contributed by atoms with Gasteiger partial charge in [-0.15, -0.1) is 0 Å². The molecule has 0 fully saturated rings. The number of carbonyl (C=O) groups excluding carboxylic acids is 1. The fraction of sp³-hybridized carbons (Fsp3) is 0.214. The molecule has 23 heavy (non-hydrogen) atoms. The van der Waals surface area contributed by atoms with Gasteiger partial charge in [-0.2, -0.15) is 9.97 Å². The topological polar surface area (TPSA) is 107 Å². The van der Waals surface area contributed by atoms with Crippen LogP contribution >= 0.6 is 0 Å². The van der Waals surface area contributed by atoms with Crippen molar-refractivity contribution in [2.45, 2.75) is 19.9 Å². The maximum absolute atomic E-state index is 12.9. The molecule has 2 aromatic heterocycles. The van der Waals surface area contributed by atoms with E-state index in [1.807, 2.05) is 0 Å². The van der Waals surface area contributed by atoms with Crippen molar-refractivity contribution in [2.24, 2.45) is 0 Å². The van der Waals surface area contributed by atoms with Crippen LogP contribution in [0.2, 0.25) is 0 Å². The van der Waals surface area contributed by atoms with E-state index in [-0.39, 0.29) is 30.6 Å². The third-order valence-electron chi connectivity index (χ3n) is 2.90. The van der Waals surface area contributed by atoms with Gasteiger partial charge in [0.15, 0.2) is 5.82 Å². The summed E-state index contributed by atoms with van der Waals surface area (Å²) < 4.78 is 22.7. The Balaban J connectivity index is 1.56. The van der Waals surface area contributed by atoms with Gasteiger partial charge in [0, 0.05) is 12.5 Å². The molecule has 0 aliphatic rings. The maximum atomic E-state index is 12.9. The fourth-order valence-corrected chi connectivity index (χ4v) is 1.84. The first kappa shape index (κ1) is 14.8. The van der Waals surface area contributed by atoms with Gasteiger partial charge < -0.3 is 14.4 Å². The Labute approximate surface area is 129 Å². The minimum Gasteiger partial charge on any atom is -0.347 e. The number of rotatable bonds is 5. The molecule has 8 nitrogen and oxygen atoms in total. The second-order valence-corrected chi connectivity index (χ2v) is 4.70. The lowest BCUT2D eigenvalue weighted by Gasteiger charge is -1.98. The molecule has 0 bridgehead atoms. The minimum atomic E-state index is -0.346. The summed E-state index contributed by atoms with van der Waals surface area (Å²) in [4.78, 5) is 19.8. The van der Waals surface area contributed by atoms with Crippen LogP contribution in [0.1, 0.15) is 17.6 Å². The average Bonchev–Trinajstić information content (AvgIpc) is 3.15. The van der Waals surface area contributed by atoms with E-state index in [1.165, 1.54) is 12.1 Å². The number of nitrogens with zero attached hydrogens (tertiary/aromatic N) is 4. The first-order chi connectivity index (χ1) is 11.1. The number of amides is 1. The second-order valence-electron chi connectivity index (χ2n) is 4.70. The summed E-state index contributed by atoms with van der Waals surface area (Å²) >= 11 is 0. The molecule has 0 aliphatic carbocycles. The Morgan fingerprint density at radius 1 is 1.17 bits per heavy atom.